The third kappa shape index (κ3) is 2.86. The summed E-state index contributed by atoms with van der Waals surface area (Å²) in [4.78, 5) is 14.4. The molecule has 1 aliphatic rings. The van der Waals surface area contributed by atoms with Crippen molar-refractivity contribution in [3.8, 4) is 0 Å². The average molecular weight is 296 g/mol. The summed E-state index contributed by atoms with van der Waals surface area (Å²) in [6, 6.07) is 6.21. The lowest BCUT2D eigenvalue weighted by Gasteiger charge is -2.25. The van der Waals surface area contributed by atoms with E-state index in [-0.39, 0.29) is 16.8 Å². The molecule has 1 fully saturated rings. The van der Waals surface area contributed by atoms with Gasteiger partial charge in [0.05, 0.1) is 4.90 Å². The number of rotatable bonds is 3. The van der Waals surface area contributed by atoms with E-state index in [9.17, 15) is 13.2 Å². The molecule has 2 N–H and O–H groups in total. The van der Waals surface area contributed by atoms with E-state index >= 15 is 0 Å². The summed E-state index contributed by atoms with van der Waals surface area (Å²) in [5.74, 6) is 0.234. The zero-order valence-electron chi connectivity index (χ0n) is 11.7. The highest BCUT2D eigenvalue weighted by Gasteiger charge is 2.33. The van der Waals surface area contributed by atoms with Crippen LogP contribution in [0.3, 0.4) is 0 Å². The number of amides is 1. The standard InChI is InChI=1S/C14H20N2O3S/c1-10-6-7-16(13(10)9-15)14(17)11-4-3-5-12(8-11)20(2,18)19/h3-5,8,10,13H,6-7,9,15H2,1-2H3. The zero-order chi connectivity index (χ0) is 14.9. The van der Waals surface area contributed by atoms with Crippen LogP contribution in [0.1, 0.15) is 23.7 Å². The lowest BCUT2D eigenvalue weighted by atomic mass is 10.0. The van der Waals surface area contributed by atoms with Crippen LogP contribution in [0.5, 0.6) is 0 Å². The molecule has 0 bridgehead atoms. The molecule has 6 heteroatoms. The Morgan fingerprint density at radius 2 is 2.15 bits per heavy atom. The van der Waals surface area contributed by atoms with Gasteiger partial charge in [0, 0.05) is 31.0 Å². The van der Waals surface area contributed by atoms with Crippen LogP contribution < -0.4 is 5.73 Å². The number of benzene rings is 1. The van der Waals surface area contributed by atoms with Gasteiger partial charge in [0.15, 0.2) is 9.84 Å². The van der Waals surface area contributed by atoms with Crippen molar-refractivity contribution in [3.05, 3.63) is 29.8 Å². The molecule has 0 aromatic heterocycles. The molecule has 1 amide bonds. The van der Waals surface area contributed by atoms with Crippen LogP contribution in [0.2, 0.25) is 0 Å². The molecular formula is C14H20N2O3S. The second-order valence-electron chi connectivity index (χ2n) is 5.37. The van der Waals surface area contributed by atoms with E-state index in [0.717, 1.165) is 12.7 Å². The maximum atomic E-state index is 12.5. The Labute approximate surface area is 119 Å². The molecule has 0 spiro atoms. The van der Waals surface area contributed by atoms with Crippen molar-refractivity contribution in [2.75, 3.05) is 19.3 Å². The molecule has 2 rings (SSSR count). The van der Waals surface area contributed by atoms with Gasteiger partial charge in [-0.2, -0.15) is 0 Å². The van der Waals surface area contributed by atoms with Crippen molar-refractivity contribution in [1.29, 1.82) is 0 Å². The smallest absolute Gasteiger partial charge is 0.254 e. The van der Waals surface area contributed by atoms with Crippen LogP contribution in [0, 0.1) is 5.92 Å². The van der Waals surface area contributed by atoms with Crippen LogP contribution in [-0.4, -0.2) is 44.6 Å². The third-order valence-corrected chi connectivity index (χ3v) is 5.00. The highest BCUT2D eigenvalue weighted by atomic mass is 32.2. The van der Waals surface area contributed by atoms with Gasteiger partial charge in [0.1, 0.15) is 0 Å². The summed E-state index contributed by atoms with van der Waals surface area (Å²) < 4.78 is 23.1. The van der Waals surface area contributed by atoms with E-state index in [2.05, 4.69) is 6.92 Å². The second kappa shape index (κ2) is 5.54. The fraction of sp³-hybridized carbons (Fsp3) is 0.500. The zero-order valence-corrected chi connectivity index (χ0v) is 12.6. The van der Waals surface area contributed by atoms with Crippen molar-refractivity contribution >= 4 is 15.7 Å². The SMILES string of the molecule is CC1CCN(C(=O)c2cccc(S(C)(=O)=O)c2)C1CN. The van der Waals surface area contributed by atoms with Gasteiger partial charge in [-0.1, -0.05) is 13.0 Å². The molecule has 2 unspecified atom stereocenters. The minimum absolute atomic E-state index is 0.0318. The van der Waals surface area contributed by atoms with Crippen molar-refractivity contribution < 1.29 is 13.2 Å². The predicted molar refractivity (Wildman–Crippen MR) is 77.2 cm³/mol. The van der Waals surface area contributed by atoms with Crippen molar-refractivity contribution in [2.24, 2.45) is 11.7 Å². The van der Waals surface area contributed by atoms with E-state index in [1.807, 2.05) is 0 Å². The van der Waals surface area contributed by atoms with E-state index in [1.54, 1.807) is 17.0 Å². The summed E-state index contributed by atoms with van der Waals surface area (Å²) in [5, 5.41) is 0. The van der Waals surface area contributed by atoms with Crippen LogP contribution >= 0.6 is 0 Å². The predicted octanol–water partition coefficient (Wildman–Crippen LogP) is 0.899. The number of sulfone groups is 1. The molecule has 110 valence electrons. The summed E-state index contributed by atoms with van der Waals surface area (Å²) in [6.07, 6.45) is 2.07. The third-order valence-electron chi connectivity index (χ3n) is 3.89. The fourth-order valence-corrected chi connectivity index (χ4v) is 3.31. The molecule has 1 aromatic rings. The molecule has 1 aliphatic heterocycles. The summed E-state index contributed by atoms with van der Waals surface area (Å²) >= 11 is 0. The summed E-state index contributed by atoms with van der Waals surface area (Å²) in [6.45, 7) is 3.18. The molecule has 20 heavy (non-hydrogen) atoms. The van der Waals surface area contributed by atoms with Gasteiger partial charge in [-0.3, -0.25) is 4.79 Å². The average Bonchev–Trinajstić information content (AvgIpc) is 2.78. The maximum absolute atomic E-state index is 12.5. The van der Waals surface area contributed by atoms with E-state index in [1.165, 1.54) is 12.1 Å². The Hall–Kier alpha value is -1.40. The Balaban J connectivity index is 2.30. The van der Waals surface area contributed by atoms with Crippen LogP contribution in [0.15, 0.2) is 29.2 Å². The van der Waals surface area contributed by atoms with E-state index in [0.29, 0.717) is 24.6 Å². The fourth-order valence-electron chi connectivity index (χ4n) is 2.65. The van der Waals surface area contributed by atoms with E-state index < -0.39 is 9.84 Å². The van der Waals surface area contributed by atoms with Gasteiger partial charge < -0.3 is 10.6 Å². The minimum atomic E-state index is -3.31. The quantitative estimate of drug-likeness (QED) is 0.898. The van der Waals surface area contributed by atoms with Crippen molar-refractivity contribution in [3.63, 3.8) is 0 Å². The van der Waals surface area contributed by atoms with Crippen molar-refractivity contribution in [1.82, 2.24) is 4.90 Å². The van der Waals surface area contributed by atoms with Crippen LogP contribution in [0.4, 0.5) is 0 Å². The largest absolute Gasteiger partial charge is 0.334 e. The van der Waals surface area contributed by atoms with Crippen LogP contribution in [-0.2, 0) is 9.84 Å². The molecule has 1 heterocycles. The Morgan fingerprint density at radius 1 is 1.45 bits per heavy atom. The topological polar surface area (TPSA) is 80.5 Å². The summed E-state index contributed by atoms with van der Waals surface area (Å²) in [7, 11) is -3.31. The van der Waals surface area contributed by atoms with E-state index in [4.69, 9.17) is 5.73 Å². The Kier molecular flexibility index (Phi) is 4.15. The van der Waals surface area contributed by atoms with Gasteiger partial charge in [-0.05, 0) is 30.5 Å². The normalized spacial score (nSPS) is 23.1. The molecule has 0 aliphatic carbocycles. The maximum Gasteiger partial charge on any atom is 0.254 e. The van der Waals surface area contributed by atoms with Crippen LogP contribution in [0.25, 0.3) is 0 Å². The minimum Gasteiger partial charge on any atom is -0.334 e. The monoisotopic (exact) mass is 296 g/mol. The Bertz CT molecular complexity index is 613. The molecule has 5 nitrogen and oxygen atoms in total. The first-order valence-electron chi connectivity index (χ1n) is 6.65. The highest BCUT2D eigenvalue weighted by molar-refractivity contribution is 7.90. The molecule has 1 aromatic carbocycles. The van der Waals surface area contributed by atoms with Gasteiger partial charge in [-0.15, -0.1) is 0 Å². The number of hydrogen-bond acceptors (Lipinski definition) is 4. The number of carbonyl (C=O) groups excluding carboxylic acids is 1. The number of carbonyl (C=O) groups is 1. The number of hydrogen-bond donors (Lipinski definition) is 1. The number of likely N-dealkylation sites (tertiary alicyclic amines) is 1. The molecule has 0 radical (unpaired) electrons. The first kappa shape index (κ1) is 15.0. The number of nitrogens with zero attached hydrogens (tertiary/aromatic N) is 1. The molecular weight excluding hydrogens is 276 g/mol. The van der Waals surface area contributed by atoms with Gasteiger partial charge in [-0.25, -0.2) is 8.42 Å². The molecule has 1 saturated heterocycles. The lowest BCUT2D eigenvalue weighted by Crippen LogP contribution is -2.42. The van der Waals surface area contributed by atoms with Gasteiger partial charge >= 0.3 is 0 Å². The van der Waals surface area contributed by atoms with Gasteiger partial charge in [0.2, 0.25) is 0 Å². The molecule has 0 saturated carbocycles. The Morgan fingerprint density at radius 3 is 2.75 bits per heavy atom. The first-order valence-corrected chi connectivity index (χ1v) is 8.55. The second-order valence-corrected chi connectivity index (χ2v) is 7.38. The lowest BCUT2D eigenvalue weighted by molar-refractivity contribution is 0.0727. The summed E-state index contributed by atoms with van der Waals surface area (Å²) in [5.41, 5.74) is 6.14. The van der Waals surface area contributed by atoms with Gasteiger partial charge in [0.25, 0.3) is 5.91 Å². The number of nitrogens with two attached hydrogens (primary N) is 1. The molecule has 2 atom stereocenters. The first-order chi connectivity index (χ1) is 9.34. The van der Waals surface area contributed by atoms with Crippen molar-refractivity contribution in [2.45, 2.75) is 24.3 Å². The highest BCUT2D eigenvalue weighted by Crippen LogP contribution is 2.25.